The zero-order chi connectivity index (χ0) is 20.1. The van der Waals surface area contributed by atoms with E-state index < -0.39 is 5.97 Å². The molecule has 2 aromatic heterocycles. The Labute approximate surface area is 167 Å². The fourth-order valence-corrected chi connectivity index (χ4v) is 3.12. The molecule has 0 saturated heterocycles. The molecule has 3 aromatic rings. The van der Waals surface area contributed by atoms with Crippen LogP contribution in [0, 0.1) is 0 Å². The maximum absolute atomic E-state index is 12.2. The number of hydrogen-bond acceptors (Lipinski definition) is 6. The van der Waals surface area contributed by atoms with E-state index in [0.29, 0.717) is 17.1 Å². The minimum absolute atomic E-state index is 0.0101. The molecule has 0 radical (unpaired) electrons. The van der Waals surface area contributed by atoms with Crippen LogP contribution in [0.1, 0.15) is 42.4 Å². The van der Waals surface area contributed by atoms with E-state index in [0.717, 1.165) is 10.4 Å². The smallest absolute Gasteiger partial charge is 0.325 e. The summed E-state index contributed by atoms with van der Waals surface area (Å²) in [7, 11) is 0. The Morgan fingerprint density at radius 2 is 1.93 bits per heavy atom. The number of amides is 1. The van der Waals surface area contributed by atoms with Crippen LogP contribution in [0.5, 0.6) is 0 Å². The lowest BCUT2D eigenvalue weighted by atomic mass is 9.87. The summed E-state index contributed by atoms with van der Waals surface area (Å²) in [6, 6.07) is 11.1. The Hall–Kier alpha value is -2.93. The van der Waals surface area contributed by atoms with Crippen molar-refractivity contribution < 1.29 is 18.7 Å². The quantitative estimate of drug-likeness (QED) is 0.630. The van der Waals surface area contributed by atoms with Crippen LogP contribution in [0.15, 0.2) is 52.5 Å². The molecule has 1 N–H and O–H groups in total. The molecule has 3 rings (SSSR count). The normalized spacial score (nSPS) is 11.2. The molecular weight excluding hydrogens is 376 g/mol. The number of thiophene rings is 1. The van der Waals surface area contributed by atoms with Gasteiger partial charge in [0.1, 0.15) is 25.1 Å². The van der Waals surface area contributed by atoms with E-state index >= 15 is 0 Å². The zero-order valence-electron chi connectivity index (χ0n) is 16.0. The molecule has 0 fully saturated rings. The number of hydrogen-bond donors (Lipinski definition) is 1. The minimum atomic E-state index is -0.541. The van der Waals surface area contributed by atoms with Crippen LogP contribution in [0.25, 0.3) is 10.8 Å². The molecule has 1 amide bonds. The number of carbonyl (C=O) groups is 2. The van der Waals surface area contributed by atoms with Gasteiger partial charge in [0, 0.05) is 5.56 Å². The fourth-order valence-electron chi connectivity index (χ4n) is 2.47. The van der Waals surface area contributed by atoms with Gasteiger partial charge in [-0.1, -0.05) is 39.0 Å². The summed E-state index contributed by atoms with van der Waals surface area (Å²) >= 11 is 1.51. The minimum Gasteiger partial charge on any atom is -0.458 e. The summed E-state index contributed by atoms with van der Waals surface area (Å²) in [4.78, 5) is 29.2. The summed E-state index contributed by atoms with van der Waals surface area (Å²) < 4.78 is 10.5. The van der Waals surface area contributed by atoms with Crippen molar-refractivity contribution >= 4 is 23.2 Å². The second kappa shape index (κ2) is 8.39. The first kappa shape index (κ1) is 19.8. The van der Waals surface area contributed by atoms with E-state index in [1.165, 1.54) is 17.6 Å². The highest BCUT2D eigenvalue weighted by molar-refractivity contribution is 7.13. The van der Waals surface area contributed by atoms with Crippen LogP contribution in [0.4, 0.5) is 0 Å². The molecule has 28 heavy (non-hydrogen) atoms. The van der Waals surface area contributed by atoms with Crippen molar-refractivity contribution in [1.29, 1.82) is 0 Å². The second-order valence-corrected chi connectivity index (χ2v) is 8.24. The Morgan fingerprint density at radius 1 is 1.18 bits per heavy atom. The summed E-state index contributed by atoms with van der Waals surface area (Å²) in [5.41, 5.74) is 2.17. The third-order valence-corrected chi connectivity index (χ3v) is 4.93. The highest BCUT2D eigenvalue weighted by Crippen LogP contribution is 2.24. The molecule has 7 heteroatoms. The Bertz CT molecular complexity index is 938. The fraction of sp³-hybridized carbons (Fsp3) is 0.286. The van der Waals surface area contributed by atoms with Crippen molar-refractivity contribution in [2.45, 2.75) is 32.8 Å². The monoisotopic (exact) mass is 398 g/mol. The van der Waals surface area contributed by atoms with Crippen LogP contribution in [-0.4, -0.2) is 23.4 Å². The van der Waals surface area contributed by atoms with Crippen molar-refractivity contribution in [1.82, 2.24) is 10.3 Å². The highest BCUT2D eigenvalue weighted by Gasteiger charge is 2.15. The topological polar surface area (TPSA) is 81.4 Å². The van der Waals surface area contributed by atoms with Gasteiger partial charge in [-0.3, -0.25) is 9.59 Å². The Kier molecular flexibility index (Phi) is 5.94. The average molecular weight is 398 g/mol. The van der Waals surface area contributed by atoms with Gasteiger partial charge >= 0.3 is 5.97 Å². The van der Waals surface area contributed by atoms with Crippen molar-refractivity contribution in [3.8, 4) is 10.8 Å². The van der Waals surface area contributed by atoms with Gasteiger partial charge in [0.2, 0.25) is 5.89 Å². The third kappa shape index (κ3) is 5.07. The predicted octanol–water partition coefficient (Wildman–Crippen LogP) is 4.17. The number of aromatic nitrogens is 1. The molecule has 0 spiro atoms. The van der Waals surface area contributed by atoms with E-state index in [2.05, 4.69) is 31.1 Å². The van der Waals surface area contributed by atoms with Crippen LogP contribution in [0.3, 0.4) is 0 Å². The number of ether oxygens (including phenoxy) is 1. The number of carbonyl (C=O) groups excluding carboxylic acids is 2. The average Bonchev–Trinajstić information content (AvgIpc) is 3.35. The van der Waals surface area contributed by atoms with Gasteiger partial charge in [-0.25, -0.2) is 4.98 Å². The number of rotatable bonds is 6. The van der Waals surface area contributed by atoms with Crippen LogP contribution >= 0.6 is 11.3 Å². The Morgan fingerprint density at radius 3 is 2.57 bits per heavy atom. The summed E-state index contributed by atoms with van der Waals surface area (Å²) in [6.07, 6.45) is 1.46. The van der Waals surface area contributed by atoms with Gasteiger partial charge < -0.3 is 14.5 Å². The van der Waals surface area contributed by atoms with Gasteiger partial charge in [-0.05, 0) is 34.6 Å². The molecule has 6 nitrogen and oxygen atoms in total. The molecule has 0 unspecified atom stereocenters. The molecule has 0 aliphatic carbocycles. The lowest BCUT2D eigenvalue weighted by Gasteiger charge is -2.19. The van der Waals surface area contributed by atoms with Crippen molar-refractivity contribution in [2.75, 3.05) is 6.54 Å². The lowest BCUT2D eigenvalue weighted by Crippen LogP contribution is -2.30. The van der Waals surface area contributed by atoms with Crippen LogP contribution in [0.2, 0.25) is 0 Å². The SMILES string of the molecule is CC(C)(C)c1ccc(C(=O)NCC(=O)OCc2coc(-c3cccs3)n2)cc1. The first-order valence-electron chi connectivity index (χ1n) is 8.85. The largest absolute Gasteiger partial charge is 0.458 e. The molecule has 2 heterocycles. The van der Waals surface area contributed by atoms with Crippen LogP contribution < -0.4 is 5.32 Å². The first-order chi connectivity index (χ1) is 13.3. The van der Waals surface area contributed by atoms with E-state index in [1.54, 1.807) is 12.1 Å². The lowest BCUT2D eigenvalue weighted by molar-refractivity contribution is -0.143. The second-order valence-electron chi connectivity index (χ2n) is 7.29. The van der Waals surface area contributed by atoms with Gasteiger partial charge in [0.05, 0.1) is 4.88 Å². The predicted molar refractivity (Wildman–Crippen MR) is 107 cm³/mol. The van der Waals surface area contributed by atoms with Gasteiger partial charge in [-0.15, -0.1) is 11.3 Å². The maximum atomic E-state index is 12.2. The number of benzene rings is 1. The van der Waals surface area contributed by atoms with Gasteiger partial charge in [0.25, 0.3) is 5.91 Å². The zero-order valence-corrected chi connectivity index (χ0v) is 16.8. The first-order valence-corrected chi connectivity index (χ1v) is 9.73. The van der Waals surface area contributed by atoms with E-state index in [9.17, 15) is 9.59 Å². The molecule has 0 aliphatic rings. The van der Waals surface area contributed by atoms with E-state index in [4.69, 9.17) is 9.15 Å². The summed E-state index contributed by atoms with van der Waals surface area (Å²) in [5.74, 6) is -0.368. The van der Waals surface area contributed by atoms with Gasteiger partial charge in [0.15, 0.2) is 0 Å². The summed E-state index contributed by atoms with van der Waals surface area (Å²) in [5, 5.41) is 4.49. The van der Waals surface area contributed by atoms with Crippen molar-refractivity contribution in [3.63, 3.8) is 0 Å². The summed E-state index contributed by atoms with van der Waals surface area (Å²) in [6.45, 7) is 6.10. The van der Waals surface area contributed by atoms with E-state index in [1.807, 2.05) is 29.6 Å². The number of esters is 1. The molecule has 0 aliphatic heterocycles. The number of nitrogens with one attached hydrogen (secondary N) is 1. The third-order valence-electron chi connectivity index (χ3n) is 4.07. The Balaban J connectivity index is 1.46. The van der Waals surface area contributed by atoms with Crippen molar-refractivity contribution in [2.24, 2.45) is 0 Å². The molecule has 0 atom stereocenters. The van der Waals surface area contributed by atoms with Gasteiger partial charge in [-0.2, -0.15) is 0 Å². The molecule has 0 bridgehead atoms. The molecule has 1 aromatic carbocycles. The standard InChI is InChI=1S/C21H22N2O4S/c1-21(2,3)15-8-6-14(7-9-15)19(25)22-11-18(24)26-12-16-13-27-20(23-16)17-5-4-10-28-17/h4-10,13H,11-12H2,1-3H3,(H,22,25). The van der Waals surface area contributed by atoms with E-state index in [-0.39, 0.29) is 24.5 Å². The number of nitrogens with zero attached hydrogens (tertiary/aromatic N) is 1. The van der Waals surface area contributed by atoms with Crippen molar-refractivity contribution in [3.05, 3.63) is 64.9 Å². The molecular formula is C21H22N2O4S. The highest BCUT2D eigenvalue weighted by atomic mass is 32.1. The molecule has 146 valence electrons. The number of oxazole rings is 1. The molecule has 0 saturated carbocycles. The maximum Gasteiger partial charge on any atom is 0.325 e. The van der Waals surface area contributed by atoms with Crippen LogP contribution in [-0.2, 0) is 21.6 Å².